The van der Waals surface area contributed by atoms with Crippen molar-refractivity contribution in [2.24, 2.45) is 0 Å². The fourth-order valence-corrected chi connectivity index (χ4v) is 2.78. The number of nitrogens with zero attached hydrogens (tertiary/aromatic N) is 2. The predicted molar refractivity (Wildman–Crippen MR) is 80.7 cm³/mol. The average Bonchev–Trinajstić information content (AvgIpc) is 2.49. The highest BCUT2D eigenvalue weighted by atomic mass is 16.5. The molecule has 4 heteroatoms. The molecule has 1 aromatic carbocycles. The molecule has 2 rings (SSSR count). The third-order valence-corrected chi connectivity index (χ3v) is 3.85. The molecule has 0 unspecified atom stereocenters. The quantitative estimate of drug-likeness (QED) is 0.835. The number of hydrogen-bond acceptors (Lipinski definition) is 3. The van der Waals surface area contributed by atoms with Crippen LogP contribution in [-0.4, -0.2) is 36.6 Å². The number of hydrogen-bond donors (Lipinski definition) is 0. The summed E-state index contributed by atoms with van der Waals surface area (Å²) in [5.41, 5.74) is 2.20. The summed E-state index contributed by atoms with van der Waals surface area (Å²) in [6.45, 7) is 3.95. The van der Waals surface area contributed by atoms with Crippen LogP contribution in [0.15, 0.2) is 24.3 Å². The molecule has 1 aliphatic rings. The minimum Gasteiger partial charge on any atom is -0.381 e. The number of amides is 1. The third kappa shape index (κ3) is 4.57. The van der Waals surface area contributed by atoms with Crippen molar-refractivity contribution in [2.75, 3.05) is 19.8 Å². The molecule has 0 saturated carbocycles. The van der Waals surface area contributed by atoms with Gasteiger partial charge in [0.15, 0.2) is 0 Å². The van der Waals surface area contributed by atoms with E-state index in [4.69, 9.17) is 10.00 Å². The van der Waals surface area contributed by atoms with Crippen molar-refractivity contribution < 1.29 is 9.53 Å². The summed E-state index contributed by atoms with van der Waals surface area (Å²) in [5, 5.41) is 8.81. The molecule has 1 saturated heterocycles. The van der Waals surface area contributed by atoms with E-state index < -0.39 is 0 Å². The zero-order chi connectivity index (χ0) is 15.1. The first kappa shape index (κ1) is 15.5. The van der Waals surface area contributed by atoms with Gasteiger partial charge >= 0.3 is 0 Å². The second-order valence-electron chi connectivity index (χ2n) is 5.50. The highest BCUT2D eigenvalue weighted by Gasteiger charge is 2.25. The molecular formula is C17H22N2O2. The van der Waals surface area contributed by atoms with Gasteiger partial charge in [-0.2, -0.15) is 5.26 Å². The Kier molecular flexibility index (Phi) is 5.77. The Morgan fingerprint density at radius 3 is 2.86 bits per heavy atom. The SMILES string of the molecule is Cc1cccc(CC(=O)N(CCC#N)C2CCOCC2)c1. The molecule has 21 heavy (non-hydrogen) atoms. The van der Waals surface area contributed by atoms with Crippen LogP contribution in [0.2, 0.25) is 0 Å². The molecule has 0 aliphatic carbocycles. The minimum atomic E-state index is 0.114. The number of ether oxygens (including phenoxy) is 1. The third-order valence-electron chi connectivity index (χ3n) is 3.85. The Morgan fingerprint density at radius 1 is 1.43 bits per heavy atom. The molecular weight excluding hydrogens is 264 g/mol. The fourth-order valence-electron chi connectivity index (χ4n) is 2.78. The van der Waals surface area contributed by atoms with Gasteiger partial charge in [-0.15, -0.1) is 0 Å². The maximum absolute atomic E-state index is 12.6. The zero-order valence-electron chi connectivity index (χ0n) is 12.5. The van der Waals surface area contributed by atoms with Crippen LogP contribution in [0.3, 0.4) is 0 Å². The molecule has 4 nitrogen and oxygen atoms in total. The van der Waals surface area contributed by atoms with Crippen LogP contribution in [0, 0.1) is 18.3 Å². The second-order valence-corrected chi connectivity index (χ2v) is 5.50. The Bertz CT molecular complexity index is 516. The molecule has 0 aromatic heterocycles. The van der Waals surface area contributed by atoms with E-state index in [1.54, 1.807) is 0 Å². The Balaban J connectivity index is 2.04. The Labute approximate surface area is 126 Å². The number of rotatable bonds is 5. The first-order valence-corrected chi connectivity index (χ1v) is 7.50. The lowest BCUT2D eigenvalue weighted by molar-refractivity contribution is -0.134. The van der Waals surface area contributed by atoms with E-state index in [1.807, 2.05) is 36.1 Å². The van der Waals surface area contributed by atoms with Gasteiger partial charge in [0, 0.05) is 25.8 Å². The summed E-state index contributed by atoms with van der Waals surface area (Å²) in [5.74, 6) is 0.114. The van der Waals surface area contributed by atoms with Gasteiger partial charge in [-0.25, -0.2) is 0 Å². The number of aryl methyl sites for hydroxylation is 1. The van der Waals surface area contributed by atoms with Crippen molar-refractivity contribution in [3.63, 3.8) is 0 Å². The smallest absolute Gasteiger partial charge is 0.227 e. The molecule has 1 amide bonds. The first-order chi connectivity index (χ1) is 10.2. The van der Waals surface area contributed by atoms with Gasteiger partial charge in [-0.3, -0.25) is 4.79 Å². The number of carbonyl (C=O) groups excluding carboxylic acids is 1. The van der Waals surface area contributed by atoms with Crippen LogP contribution >= 0.6 is 0 Å². The van der Waals surface area contributed by atoms with Gasteiger partial charge < -0.3 is 9.64 Å². The molecule has 0 bridgehead atoms. The van der Waals surface area contributed by atoms with Crippen LogP contribution in [0.1, 0.15) is 30.4 Å². The highest BCUT2D eigenvalue weighted by molar-refractivity contribution is 5.79. The normalized spacial score (nSPS) is 15.4. The van der Waals surface area contributed by atoms with Crippen LogP contribution < -0.4 is 0 Å². The largest absolute Gasteiger partial charge is 0.381 e. The van der Waals surface area contributed by atoms with Crippen molar-refractivity contribution in [2.45, 2.75) is 38.6 Å². The maximum atomic E-state index is 12.6. The van der Waals surface area contributed by atoms with E-state index >= 15 is 0 Å². The summed E-state index contributed by atoms with van der Waals surface area (Å²) < 4.78 is 5.37. The summed E-state index contributed by atoms with van der Waals surface area (Å²) in [6.07, 6.45) is 2.53. The van der Waals surface area contributed by atoms with E-state index in [9.17, 15) is 4.79 Å². The van der Waals surface area contributed by atoms with Gasteiger partial charge in [0.05, 0.1) is 18.9 Å². The number of benzene rings is 1. The van der Waals surface area contributed by atoms with Crippen molar-refractivity contribution in [3.05, 3.63) is 35.4 Å². The maximum Gasteiger partial charge on any atom is 0.227 e. The summed E-state index contributed by atoms with van der Waals surface area (Å²) in [4.78, 5) is 14.5. The molecule has 1 fully saturated rings. The van der Waals surface area contributed by atoms with E-state index in [-0.39, 0.29) is 11.9 Å². The zero-order valence-corrected chi connectivity index (χ0v) is 12.5. The number of carbonyl (C=O) groups is 1. The lowest BCUT2D eigenvalue weighted by atomic mass is 10.0. The summed E-state index contributed by atoms with van der Waals surface area (Å²) in [6, 6.07) is 10.4. The van der Waals surface area contributed by atoms with Gasteiger partial charge in [0.1, 0.15) is 0 Å². The summed E-state index contributed by atoms with van der Waals surface area (Å²) >= 11 is 0. The van der Waals surface area contributed by atoms with Crippen LogP contribution in [-0.2, 0) is 16.0 Å². The topological polar surface area (TPSA) is 53.3 Å². The molecule has 1 aliphatic heterocycles. The van der Waals surface area contributed by atoms with Gasteiger partial charge in [-0.05, 0) is 25.3 Å². The van der Waals surface area contributed by atoms with E-state index in [2.05, 4.69) is 6.07 Å². The molecule has 0 radical (unpaired) electrons. The molecule has 0 atom stereocenters. The molecule has 0 N–H and O–H groups in total. The van der Waals surface area contributed by atoms with Crippen LogP contribution in [0.5, 0.6) is 0 Å². The molecule has 0 spiro atoms. The van der Waals surface area contributed by atoms with Gasteiger partial charge in [0.2, 0.25) is 5.91 Å². The average molecular weight is 286 g/mol. The first-order valence-electron chi connectivity index (χ1n) is 7.50. The fraction of sp³-hybridized carbons (Fsp3) is 0.529. The second kappa shape index (κ2) is 7.80. The van der Waals surface area contributed by atoms with Crippen molar-refractivity contribution >= 4 is 5.91 Å². The predicted octanol–water partition coefficient (Wildman–Crippen LogP) is 2.46. The Morgan fingerprint density at radius 2 is 2.19 bits per heavy atom. The monoisotopic (exact) mass is 286 g/mol. The van der Waals surface area contributed by atoms with E-state index in [0.29, 0.717) is 32.6 Å². The highest BCUT2D eigenvalue weighted by Crippen LogP contribution is 2.17. The van der Waals surface area contributed by atoms with E-state index in [0.717, 1.165) is 24.0 Å². The van der Waals surface area contributed by atoms with Crippen molar-refractivity contribution in [3.8, 4) is 6.07 Å². The van der Waals surface area contributed by atoms with Crippen LogP contribution in [0.25, 0.3) is 0 Å². The minimum absolute atomic E-state index is 0.114. The molecule has 112 valence electrons. The Hall–Kier alpha value is -1.86. The van der Waals surface area contributed by atoms with Crippen molar-refractivity contribution in [1.82, 2.24) is 4.90 Å². The number of nitriles is 1. The van der Waals surface area contributed by atoms with Gasteiger partial charge in [-0.1, -0.05) is 29.8 Å². The van der Waals surface area contributed by atoms with Gasteiger partial charge in [0.25, 0.3) is 0 Å². The van der Waals surface area contributed by atoms with Crippen LogP contribution in [0.4, 0.5) is 0 Å². The lowest BCUT2D eigenvalue weighted by Gasteiger charge is -2.34. The molecule has 1 aromatic rings. The lowest BCUT2D eigenvalue weighted by Crippen LogP contribution is -2.44. The standard InChI is InChI=1S/C17H22N2O2/c1-14-4-2-5-15(12-14)13-17(20)19(9-3-8-18)16-6-10-21-11-7-16/h2,4-5,12,16H,3,6-7,9-11,13H2,1H3. The molecule has 1 heterocycles. The van der Waals surface area contributed by atoms with E-state index in [1.165, 1.54) is 0 Å². The van der Waals surface area contributed by atoms with Crippen molar-refractivity contribution in [1.29, 1.82) is 5.26 Å². The summed E-state index contributed by atoms with van der Waals surface area (Å²) in [7, 11) is 0.